The molecule has 0 aliphatic carbocycles. The predicted octanol–water partition coefficient (Wildman–Crippen LogP) is -0.303. The monoisotopic (exact) mass is 254 g/mol. The minimum absolute atomic E-state index is 0.0176. The number of hydrogen-bond acceptors (Lipinski definition) is 6. The van der Waals surface area contributed by atoms with Gasteiger partial charge in [0.05, 0.1) is 6.04 Å². The number of carbonyl (C=O) groups excluding carboxylic acids is 1. The van der Waals surface area contributed by atoms with Crippen LogP contribution in [-0.2, 0) is 4.79 Å². The first kappa shape index (κ1) is 12.5. The van der Waals surface area contributed by atoms with Gasteiger partial charge < -0.3 is 20.3 Å². The van der Waals surface area contributed by atoms with E-state index in [2.05, 4.69) is 20.8 Å². The molecule has 1 aliphatic rings. The highest BCUT2D eigenvalue weighted by molar-refractivity contribution is 5.93. The van der Waals surface area contributed by atoms with Gasteiger partial charge in [-0.1, -0.05) is 5.16 Å². The molecule has 2 atom stereocenters. The molecule has 8 nitrogen and oxygen atoms in total. The van der Waals surface area contributed by atoms with Crippen molar-refractivity contribution in [3.05, 3.63) is 11.7 Å². The van der Waals surface area contributed by atoms with Crippen LogP contribution in [0, 0.1) is 0 Å². The van der Waals surface area contributed by atoms with Gasteiger partial charge in [-0.05, 0) is 26.3 Å². The Balaban J connectivity index is 2.00. The highest BCUT2D eigenvalue weighted by atomic mass is 16.5. The normalized spacial score (nSPS) is 20.6. The van der Waals surface area contributed by atoms with Gasteiger partial charge in [0.25, 0.3) is 11.7 Å². The fourth-order valence-electron chi connectivity index (χ4n) is 1.69. The summed E-state index contributed by atoms with van der Waals surface area (Å²) in [5, 5.41) is 17.6. The average molecular weight is 254 g/mol. The zero-order chi connectivity index (χ0) is 13.1. The largest absolute Gasteiger partial charge is 0.480 e. The fourth-order valence-corrected chi connectivity index (χ4v) is 1.69. The molecule has 0 radical (unpaired) electrons. The number of aliphatic carboxylic acids is 1. The lowest BCUT2D eigenvalue weighted by Crippen LogP contribution is -2.38. The van der Waals surface area contributed by atoms with Gasteiger partial charge in [-0.15, -0.1) is 0 Å². The van der Waals surface area contributed by atoms with Crippen molar-refractivity contribution in [1.82, 2.24) is 20.8 Å². The highest BCUT2D eigenvalue weighted by Crippen LogP contribution is 2.20. The molecule has 1 aromatic rings. The number of carbonyl (C=O) groups is 2. The van der Waals surface area contributed by atoms with E-state index in [4.69, 9.17) is 9.63 Å². The quantitative estimate of drug-likeness (QED) is 0.675. The number of aromatic nitrogens is 2. The summed E-state index contributed by atoms with van der Waals surface area (Å²) in [4.78, 5) is 26.2. The molecule has 3 N–H and O–H groups in total. The molecule has 0 spiro atoms. The van der Waals surface area contributed by atoms with Crippen molar-refractivity contribution in [2.24, 2.45) is 0 Å². The summed E-state index contributed by atoms with van der Waals surface area (Å²) in [5.41, 5.74) is 0. The van der Waals surface area contributed by atoms with Crippen molar-refractivity contribution >= 4 is 11.9 Å². The van der Waals surface area contributed by atoms with E-state index in [0.717, 1.165) is 19.4 Å². The zero-order valence-corrected chi connectivity index (χ0v) is 9.84. The zero-order valence-electron chi connectivity index (χ0n) is 9.84. The summed E-state index contributed by atoms with van der Waals surface area (Å²) >= 11 is 0. The Morgan fingerprint density at radius 3 is 3.00 bits per heavy atom. The summed E-state index contributed by atoms with van der Waals surface area (Å²) in [6.45, 7) is 2.24. The molecule has 98 valence electrons. The summed E-state index contributed by atoms with van der Waals surface area (Å²) in [6, 6.07) is -1.01. The van der Waals surface area contributed by atoms with Crippen LogP contribution in [0.1, 0.15) is 42.3 Å². The lowest BCUT2D eigenvalue weighted by atomic mass is 10.2. The Hall–Kier alpha value is -1.96. The molecule has 1 saturated heterocycles. The number of nitrogens with zero attached hydrogens (tertiary/aromatic N) is 2. The second-order valence-corrected chi connectivity index (χ2v) is 4.14. The van der Waals surface area contributed by atoms with Crippen LogP contribution in [-0.4, -0.2) is 39.7 Å². The number of rotatable bonds is 4. The van der Waals surface area contributed by atoms with Crippen LogP contribution >= 0.6 is 0 Å². The number of hydrogen-bond donors (Lipinski definition) is 3. The van der Waals surface area contributed by atoms with Gasteiger partial charge in [0, 0.05) is 0 Å². The average Bonchev–Trinajstić information content (AvgIpc) is 2.99. The third kappa shape index (κ3) is 2.65. The first-order valence-electron chi connectivity index (χ1n) is 5.68. The minimum Gasteiger partial charge on any atom is -0.480 e. The summed E-state index contributed by atoms with van der Waals surface area (Å²) in [7, 11) is 0. The molecule has 0 saturated carbocycles. The predicted molar refractivity (Wildman–Crippen MR) is 58.8 cm³/mol. The van der Waals surface area contributed by atoms with Crippen LogP contribution in [0.15, 0.2) is 4.52 Å². The first-order chi connectivity index (χ1) is 8.58. The van der Waals surface area contributed by atoms with Crippen molar-refractivity contribution in [3.63, 3.8) is 0 Å². The van der Waals surface area contributed by atoms with Gasteiger partial charge in [-0.2, -0.15) is 4.98 Å². The van der Waals surface area contributed by atoms with Crippen molar-refractivity contribution in [1.29, 1.82) is 0 Å². The van der Waals surface area contributed by atoms with E-state index in [9.17, 15) is 9.59 Å². The van der Waals surface area contributed by atoms with E-state index in [0.29, 0.717) is 5.89 Å². The van der Waals surface area contributed by atoms with Crippen LogP contribution in [0.3, 0.4) is 0 Å². The minimum atomic E-state index is -1.12. The van der Waals surface area contributed by atoms with Gasteiger partial charge in [0.1, 0.15) is 6.04 Å². The molecule has 18 heavy (non-hydrogen) atoms. The third-order valence-corrected chi connectivity index (χ3v) is 2.72. The highest BCUT2D eigenvalue weighted by Gasteiger charge is 2.25. The van der Waals surface area contributed by atoms with E-state index in [-0.39, 0.29) is 11.9 Å². The summed E-state index contributed by atoms with van der Waals surface area (Å²) in [5.74, 6) is -1.56. The Kier molecular flexibility index (Phi) is 3.56. The standard InChI is InChI=1S/C10H14N4O4/c1-5(10(16)17)12-8(15)7-13-9(18-14-7)6-3-2-4-11-6/h5-6,11H,2-4H2,1H3,(H,12,15)(H,16,17)/t5-,6?/m0/s1. The number of nitrogens with one attached hydrogen (secondary N) is 2. The molecule has 2 heterocycles. The van der Waals surface area contributed by atoms with Crippen molar-refractivity contribution in [3.8, 4) is 0 Å². The topological polar surface area (TPSA) is 117 Å². The van der Waals surface area contributed by atoms with Crippen molar-refractivity contribution < 1.29 is 19.2 Å². The van der Waals surface area contributed by atoms with Gasteiger partial charge in [-0.3, -0.25) is 9.59 Å². The molecule has 1 aromatic heterocycles. The molecule has 1 unspecified atom stereocenters. The SMILES string of the molecule is C[C@H](NC(=O)c1noc(C2CCCN2)n1)C(=O)O. The van der Waals surface area contributed by atoms with E-state index >= 15 is 0 Å². The van der Waals surface area contributed by atoms with Crippen LogP contribution in [0.25, 0.3) is 0 Å². The van der Waals surface area contributed by atoms with Crippen LogP contribution in [0.5, 0.6) is 0 Å². The molecule has 1 amide bonds. The van der Waals surface area contributed by atoms with Gasteiger partial charge >= 0.3 is 5.97 Å². The van der Waals surface area contributed by atoms with Crippen LogP contribution in [0.2, 0.25) is 0 Å². The third-order valence-electron chi connectivity index (χ3n) is 2.72. The van der Waals surface area contributed by atoms with Crippen LogP contribution < -0.4 is 10.6 Å². The molecule has 1 fully saturated rings. The Bertz CT molecular complexity index is 452. The van der Waals surface area contributed by atoms with Gasteiger partial charge in [-0.25, -0.2) is 0 Å². The fraction of sp³-hybridized carbons (Fsp3) is 0.600. The van der Waals surface area contributed by atoms with E-state index < -0.39 is 17.9 Å². The molecular weight excluding hydrogens is 240 g/mol. The lowest BCUT2D eigenvalue weighted by molar-refractivity contribution is -0.138. The summed E-state index contributed by atoms with van der Waals surface area (Å²) in [6.07, 6.45) is 1.90. The smallest absolute Gasteiger partial charge is 0.325 e. The Morgan fingerprint density at radius 1 is 1.61 bits per heavy atom. The first-order valence-corrected chi connectivity index (χ1v) is 5.68. The Morgan fingerprint density at radius 2 is 2.39 bits per heavy atom. The number of carboxylic acids is 1. The molecule has 2 rings (SSSR count). The number of carboxylic acid groups (broad SMARTS) is 1. The second kappa shape index (κ2) is 5.13. The number of amides is 1. The van der Waals surface area contributed by atoms with Crippen molar-refractivity contribution in [2.45, 2.75) is 31.8 Å². The second-order valence-electron chi connectivity index (χ2n) is 4.14. The van der Waals surface area contributed by atoms with E-state index in [1.165, 1.54) is 6.92 Å². The molecule has 0 bridgehead atoms. The molecule has 8 heteroatoms. The maximum atomic E-state index is 11.6. The maximum Gasteiger partial charge on any atom is 0.325 e. The molecule has 0 aromatic carbocycles. The molecular formula is C10H14N4O4. The van der Waals surface area contributed by atoms with Crippen LogP contribution in [0.4, 0.5) is 0 Å². The van der Waals surface area contributed by atoms with Gasteiger partial charge in [0.2, 0.25) is 5.89 Å². The molecule has 1 aliphatic heterocycles. The van der Waals surface area contributed by atoms with Gasteiger partial charge in [0.15, 0.2) is 0 Å². The Labute approximate surface area is 103 Å². The van der Waals surface area contributed by atoms with E-state index in [1.54, 1.807) is 0 Å². The summed E-state index contributed by atoms with van der Waals surface area (Å²) < 4.78 is 4.98. The van der Waals surface area contributed by atoms with Crippen molar-refractivity contribution in [2.75, 3.05) is 6.54 Å². The maximum absolute atomic E-state index is 11.6. The van der Waals surface area contributed by atoms with E-state index in [1.807, 2.05) is 0 Å². The lowest BCUT2D eigenvalue weighted by Gasteiger charge is -2.05.